The molecule has 0 saturated heterocycles. The van der Waals surface area contributed by atoms with E-state index in [0.29, 0.717) is 0 Å². The highest BCUT2D eigenvalue weighted by Crippen LogP contribution is 2.28. The number of hydrogen-bond acceptors (Lipinski definition) is 4. The highest BCUT2D eigenvalue weighted by atomic mass is 79.9. The molecule has 0 spiro atoms. The van der Waals surface area contributed by atoms with Gasteiger partial charge >= 0.3 is 0 Å². The number of amides is 1. The van der Waals surface area contributed by atoms with Crippen LogP contribution in [0.25, 0.3) is 11.4 Å². The molecule has 1 heterocycles. The van der Waals surface area contributed by atoms with Crippen LogP contribution in [0.4, 0.5) is 5.69 Å². The third kappa shape index (κ3) is 5.28. The summed E-state index contributed by atoms with van der Waals surface area (Å²) in [6.45, 7) is 9.39. The zero-order valence-corrected chi connectivity index (χ0v) is 19.5. The molecule has 3 aromatic rings. The van der Waals surface area contributed by atoms with Crippen molar-refractivity contribution < 1.29 is 4.79 Å². The number of para-hydroxylation sites is 1. The minimum atomic E-state index is -0.0800. The first-order chi connectivity index (χ1) is 13.8. The Labute approximate surface area is 184 Å². The number of hydrogen-bond donors (Lipinski definition) is 1. The topological polar surface area (TPSA) is 59.8 Å². The van der Waals surface area contributed by atoms with Gasteiger partial charge in [-0.2, -0.15) is 0 Å². The Bertz CT molecular complexity index is 993. The summed E-state index contributed by atoms with van der Waals surface area (Å²) >= 11 is 4.83. The Hall–Kier alpha value is -2.12. The monoisotopic (exact) mass is 472 g/mol. The van der Waals surface area contributed by atoms with Crippen molar-refractivity contribution in [2.24, 2.45) is 0 Å². The van der Waals surface area contributed by atoms with Gasteiger partial charge in [-0.1, -0.05) is 68.9 Å². The molecule has 0 atom stereocenters. The van der Waals surface area contributed by atoms with Crippen molar-refractivity contribution in [1.82, 2.24) is 14.8 Å². The zero-order chi connectivity index (χ0) is 21.0. The first-order valence-electron chi connectivity index (χ1n) is 9.51. The van der Waals surface area contributed by atoms with E-state index >= 15 is 0 Å². The van der Waals surface area contributed by atoms with Crippen molar-refractivity contribution in [2.45, 2.75) is 44.8 Å². The number of benzene rings is 2. The Morgan fingerprint density at radius 3 is 2.41 bits per heavy atom. The number of carbonyl (C=O) groups excluding carboxylic acids is 1. The standard InChI is InChI=1S/C22H25BrN4OS/c1-5-27-20(15-10-12-16(13-11-15)22(2,3)4)25-26-21(27)29-14-19(28)24-18-9-7-6-8-17(18)23/h6-13H,5,14H2,1-4H3,(H,24,28). The number of rotatable bonds is 6. The maximum Gasteiger partial charge on any atom is 0.234 e. The lowest BCUT2D eigenvalue weighted by molar-refractivity contribution is -0.113. The Kier molecular flexibility index (Phi) is 6.80. The smallest absolute Gasteiger partial charge is 0.234 e. The Balaban J connectivity index is 1.71. The lowest BCUT2D eigenvalue weighted by atomic mass is 9.87. The van der Waals surface area contributed by atoms with Crippen molar-refractivity contribution in [3.63, 3.8) is 0 Å². The van der Waals surface area contributed by atoms with Gasteiger partial charge in [0.05, 0.1) is 11.4 Å². The lowest BCUT2D eigenvalue weighted by Gasteiger charge is -2.19. The van der Waals surface area contributed by atoms with E-state index in [1.54, 1.807) is 0 Å². The fraction of sp³-hybridized carbons (Fsp3) is 0.318. The van der Waals surface area contributed by atoms with Crippen molar-refractivity contribution >= 4 is 39.3 Å². The minimum Gasteiger partial charge on any atom is -0.324 e. The first-order valence-corrected chi connectivity index (χ1v) is 11.3. The van der Waals surface area contributed by atoms with Gasteiger partial charge in [0.2, 0.25) is 5.91 Å². The van der Waals surface area contributed by atoms with Crippen LogP contribution in [-0.2, 0) is 16.8 Å². The molecular weight excluding hydrogens is 448 g/mol. The molecule has 7 heteroatoms. The van der Waals surface area contributed by atoms with Crippen LogP contribution in [0, 0.1) is 0 Å². The number of nitrogens with zero attached hydrogens (tertiary/aromatic N) is 3. The van der Waals surface area contributed by atoms with E-state index in [9.17, 15) is 4.79 Å². The highest BCUT2D eigenvalue weighted by Gasteiger charge is 2.17. The van der Waals surface area contributed by atoms with Gasteiger partial charge in [-0.3, -0.25) is 4.79 Å². The second-order valence-corrected chi connectivity index (χ2v) is 9.49. The molecule has 0 saturated carbocycles. The van der Waals surface area contributed by atoms with E-state index in [-0.39, 0.29) is 17.1 Å². The first kappa shape index (κ1) is 21.6. The van der Waals surface area contributed by atoms with Crippen molar-refractivity contribution in [2.75, 3.05) is 11.1 Å². The molecular formula is C22H25BrN4OS. The molecule has 0 unspecified atom stereocenters. The fourth-order valence-corrected chi connectivity index (χ4v) is 4.08. The molecule has 5 nitrogen and oxygen atoms in total. The predicted molar refractivity (Wildman–Crippen MR) is 123 cm³/mol. The fourth-order valence-electron chi connectivity index (χ4n) is 2.89. The van der Waals surface area contributed by atoms with Crippen LogP contribution in [0.5, 0.6) is 0 Å². The van der Waals surface area contributed by atoms with Gasteiger partial charge in [-0.05, 0) is 46.0 Å². The molecule has 1 aromatic heterocycles. The Morgan fingerprint density at radius 2 is 1.79 bits per heavy atom. The van der Waals surface area contributed by atoms with E-state index in [0.717, 1.165) is 33.2 Å². The number of carbonyl (C=O) groups is 1. The van der Waals surface area contributed by atoms with Gasteiger partial charge in [-0.15, -0.1) is 10.2 Å². The molecule has 0 aliphatic carbocycles. The second kappa shape index (κ2) is 9.13. The van der Waals surface area contributed by atoms with Gasteiger partial charge in [0.25, 0.3) is 0 Å². The van der Waals surface area contributed by atoms with E-state index in [1.165, 1.54) is 17.3 Å². The average molecular weight is 473 g/mol. The van der Waals surface area contributed by atoms with Crippen LogP contribution in [0.15, 0.2) is 58.2 Å². The minimum absolute atomic E-state index is 0.0800. The molecule has 0 fully saturated rings. The number of nitrogens with one attached hydrogen (secondary N) is 1. The molecule has 0 aliphatic rings. The van der Waals surface area contributed by atoms with E-state index in [1.807, 2.05) is 28.8 Å². The molecule has 0 aliphatic heterocycles. The molecule has 152 valence electrons. The van der Waals surface area contributed by atoms with E-state index < -0.39 is 0 Å². The summed E-state index contributed by atoms with van der Waals surface area (Å²) in [5, 5.41) is 12.3. The van der Waals surface area contributed by atoms with Gasteiger partial charge in [0.1, 0.15) is 0 Å². The number of thioether (sulfide) groups is 1. The van der Waals surface area contributed by atoms with E-state index in [4.69, 9.17) is 0 Å². The van der Waals surface area contributed by atoms with Gasteiger partial charge in [-0.25, -0.2) is 0 Å². The number of halogens is 1. The summed E-state index contributed by atoms with van der Waals surface area (Å²) < 4.78 is 2.90. The van der Waals surface area contributed by atoms with Gasteiger partial charge in [0, 0.05) is 16.6 Å². The van der Waals surface area contributed by atoms with Crippen LogP contribution < -0.4 is 5.32 Å². The van der Waals surface area contributed by atoms with Crippen molar-refractivity contribution in [1.29, 1.82) is 0 Å². The Morgan fingerprint density at radius 1 is 1.10 bits per heavy atom. The average Bonchev–Trinajstić information content (AvgIpc) is 3.10. The highest BCUT2D eigenvalue weighted by molar-refractivity contribution is 9.10. The molecule has 1 N–H and O–H groups in total. The SMILES string of the molecule is CCn1c(SCC(=O)Nc2ccccc2Br)nnc1-c1ccc(C(C)(C)C)cc1. The summed E-state index contributed by atoms with van der Waals surface area (Å²) in [6.07, 6.45) is 0. The molecule has 0 bridgehead atoms. The third-order valence-electron chi connectivity index (χ3n) is 4.52. The quantitative estimate of drug-likeness (QED) is 0.463. The number of aromatic nitrogens is 3. The molecule has 0 radical (unpaired) electrons. The van der Waals surface area contributed by atoms with E-state index in [2.05, 4.69) is 83.4 Å². The van der Waals surface area contributed by atoms with Gasteiger partial charge in [0.15, 0.2) is 11.0 Å². The lowest BCUT2D eigenvalue weighted by Crippen LogP contribution is -2.15. The summed E-state index contributed by atoms with van der Waals surface area (Å²) in [5.74, 6) is 1.01. The maximum absolute atomic E-state index is 12.3. The maximum atomic E-state index is 12.3. The summed E-state index contributed by atoms with van der Waals surface area (Å²) in [7, 11) is 0. The molecule has 1 amide bonds. The molecule has 3 rings (SSSR count). The van der Waals surface area contributed by atoms with Crippen molar-refractivity contribution in [3.05, 3.63) is 58.6 Å². The van der Waals surface area contributed by atoms with Crippen LogP contribution >= 0.6 is 27.7 Å². The number of anilines is 1. The summed E-state index contributed by atoms with van der Waals surface area (Å²) in [6, 6.07) is 16.0. The largest absolute Gasteiger partial charge is 0.324 e. The third-order valence-corrected chi connectivity index (χ3v) is 6.18. The second-order valence-electron chi connectivity index (χ2n) is 7.69. The summed E-state index contributed by atoms with van der Waals surface area (Å²) in [5.41, 5.74) is 3.17. The summed E-state index contributed by atoms with van der Waals surface area (Å²) in [4.78, 5) is 12.3. The van der Waals surface area contributed by atoms with Crippen molar-refractivity contribution in [3.8, 4) is 11.4 Å². The van der Waals surface area contributed by atoms with Crippen LogP contribution in [0.1, 0.15) is 33.3 Å². The predicted octanol–water partition coefficient (Wildman–Crippen LogP) is 5.76. The van der Waals surface area contributed by atoms with Crippen LogP contribution in [0.2, 0.25) is 0 Å². The molecule has 29 heavy (non-hydrogen) atoms. The van der Waals surface area contributed by atoms with Crippen LogP contribution in [0.3, 0.4) is 0 Å². The zero-order valence-electron chi connectivity index (χ0n) is 17.1. The van der Waals surface area contributed by atoms with Gasteiger partial charge < -0.3 is 9.88 Å². The van der Waals surface area contributed by atoms with Crippen LogP contribution in [-0.4, -0.2) is 26.4 Å². The normalized spacial score (nSPS) is 11.5. The molecule has 2 aromatic carbocycles.